The Kier molecular flexibility index (Phi) is 4.29. The third-order valence-corrected chi connectivity index (χ3v) is 4.55. The molecule has 0 saturated carbocycles. The Balaban J connectivity index is 1.73. The van der Waals surface area contributed by atoms with Crippen LogP contribution in [0.25, 0.3) is 0 Å². The van der Waals surface area contributed by atoms with Crippen molar-refractivity contribution >= 4 is 34.0 Å². The molecule has 1 aliphatic rings. The van der Waals surface area contributed by atoms with Gasteiger partial charge in [0.2, 0.25) is 11.8 Å². The Morgan fingerprint density at radius 1 is 1.43 bits per heavy atom. The summed E-state index contributed by atoms with van der Waals surface area (Å²) in [5.41, 5.74) is 0.695. The van der Waals surface area contributed by atoms with Gasteiger partial charge in [-0.2, -0.15) is 0 Å². The summed E-state index contributed by atoms with van der Waals surface area (Å²) in [7, 11) is 1.56. The lowest BCUT2D eigenvalue weighted by atomic mass is 10.1. The van der Waals surface area contributed by atoms with Crippen molar-refractivity contribution in [3.05, 3.63) is 35.3 Å². The van der Waals surface area contributed by atoms with E-state index in [0.29, 0.717) is 23.1 Å². The number of amides is 2. The molecule has 6 nitrogen and oxygen atoms in total. The van der Waals surface area contributed by atoms with Crippen LogP contribution in [0.5, 0.6) is 5.75 Å². The van der Waals surface area contributed by atoms with Crippen molar-refractivity contribution < 1.29 is 14.3 Å². The number of benzene rings is 1. The number of anilines is 2. The smallest absolute Gasteiger partial charge is 0.231 e. The predicted molar refractivity (Wildman–Crippen MR) is 88.9 cm³/mol. The number of aryl methyl sites for hydroxylation is 1. The molecule has 1 aromatic carbocycles. The largest absolute Gasteiger partial charge is 0.495 e. The number of nitrogens with zero attached hydrogens (tertiary/aromatic N) is 2. The van der Waals surface area contributed by atoms with Crippen LogP contribution in [0, 0.1) is 12.8 Å². The first-order valence-corrected chi connectivity index (χ1v) is 8.07. The zero-order chi connectivity index (χ0) is 16.4. The van der Waals surface area contributed by atoms with Gasteiger partial charge < -0.3 is 15.0 Å². The number of nitrogens with one attached hydrogen (secondary N) is 1. The van der Waals surface area contributed by atoms with Crippen molar-refractivity contribution in [2.75, 3.05) is 23.9 Å². The lowest BCUT2D eigenvalue weighted by Crippen LogP contribution is -2.28. The van der Waals surface area contributed by atoms with Crippen LogP contribution in [0.2, 0.25) is 0 Å². The summed E-state index contributed by atoms with van der Waals surface area (Å²) in [6, 6.07) is 7.31. The van der Waals surface area contributed by atoms with Gasteiger partial charge in [-0.05, 0) is 19.1 Å². The third kappa shape index (κ3) is 3.19. The van der Waals surface area contributed by atoms with Gasteiger partial charge in [0.25, 0.3) is 0 Å². The summed E-state index contributed by atoms with van der Waals surface area (Å²) in [4.78, 5) is 31.4. The second-order valence-corrected chi connectivity index (χ2v) is 6.58. The Morgan fingerprint density at radius 3 is 2.91 bits per heavy atom. The summed E-state index contributed by atoms with van der Waals surface area (Å²) in [6.07, 6.45) is 1.90. The summed E-state index contributed by atoms with van der Waals surface area (Å²) >= 11 is 1.42. The molecule has 1 N–H and O–H groups in total. The number of carbonyl (C=O) groups is 2. The van der Waals surface area contributed by atoms with Gasteiger partial charge in [0.15, 0.2) is 5.13 Å². The highest BCUT2D eigenvalue weighted by Crippen LogP contribution is 2.33. The fourth-order valence-electron chi connectivity index (χ4n) is 2.59. The van der Waals surface area contributed by atoms with Crippen LogP contribution in [0.1, 0.15) is 11.3 Å². The molecule has 23 heavy (non-hydrogen) atoms. The maximum atomic E-state index is 12.3. The summed E-state index contributed by atoms with van der Waals surface area (Å²) in [5, 5.41) is 3.35. The van der Waals surface area contributed by atoms with Crippen LogP contribution in [-0.2, 0) is 9.59 Å². The fraction of sp³-hybridized carbons (Fsp3) is 0.312. The van der Waals surface area contributed by atoms with E-state index in [1.807, 2.05) is 25.1 Å². The fourth-order valence-corrected chi connectivity index (χ4v) is 3.26. The van der Waals surface area contributed by atoms with Crippen LogP contribution in [0.15, 0.2) is 30.5 Å². The van der Waals surface area contributed by atoms with Crippen molar-refractivity contribution in [3.63, 3.8) is 0 Å². The maximum Gasteiger partial charge on any atom is 0.231 e. The summed E-state index contributed by atoms with van der Waals surface area (Å²) in [5.74, 6) is -0.0239. The highest BCUT2D eigenvalue weighted by atomic mass is 32.1. The number of carbonyl (C=O) groups excluding carboxylic acids is 2. The molecule has 1 saturated heterocycles. The van der Waals surface area contributed by atoms with Crippen molar-refractivity contribution in [3.8, 4) is 5.75 Å². The molecule has 2 aromatic rings. The van der Waals surface area contributed by atoms with Crippen LogP contribution in [-0.4, -0.2) is 30.5 Å². The van der Waals surface area contributed by atoms with Crippen molar-refractivity contribution in [2.24, 2.45) is 5.92 Å². The number of hydrogen-bond acceptors (Lipinski definition) is 5. The Labute approximate surface area is 138 Å². The number of rotatable bonds is 4. The molecule has 2 amide bonds. The molecular formula is C16H17N3O3S. The summed E-state index contributed by atoms with van der Waals surface area (Å²) < 4.78 is 5.30. The highest BCUT2D eigenvalue weighted by molar-refractivity contribution is 7.15. The van der Waals surface area contributed by atoms with Gasteiger partial charge in [-0.15, -0.1) is 11.3 Å². The SMILES string of the molecule is COc1ccccc1N1CC(C(=O)Nc2ncc(C)s2)CC1=O. The molecule has 1 aliphatic heterocycles. The maximum absolute atomic E-state index is 12.3. The number of methoxy groups -OCH3 is 1. The minimum absolute atomic E-state index is 0.0787. The van der Waals surface area contributed by atoms with E-state index < -0.39 is 5.92 Å². The van der Waals surface area contributed by atoms with Gasteiger partial charge in [-0.25, -0.2) is 4.98 Å². The van der Waals surface area contributed by atoms with Crippen molar-refractivity contribution in [1.82, 2.24) is 4.98 Å². The van der Waals surface area contributed by atoms with Crippen molar-refractivity contribution in [1.29, 1.82) is 0 Å². The molecule has 3 rings (SSSR count). The molecule has 1 atom stereocenters. The van der Waals surface area contributed by atoms with Crippen LogP contribution in [0.4, 0.5) is 10.8 Å². The van der Waals surface area contributed by atoms with Gasteiger partial charge in [-0.3, -0.25) is 9.59 Å². The zero-order valence-corrected chi connectivity index (χ0v) is 13.7. The van der Waals surface area contributed by atoms with Crippen LogP contribution < -0.4 is 15.0 Å². The van der Waals surface area contributed by atoms with E-state index in [1.54, 1.807) is 24.3 Å². The zero-order valence-electron chi connectivity index (χ0n) is 12.9. The average molecular weight is 331 g/mol. The summed E-state index contributed by atoms with van der Waals surface area (Å²) in [6.45, 7) is 2.27. The van der Waals surface area contributed by atoms with Gasteiger partial charge in [-0.1, -0.05) is 12.1 Å². The third-order valence-electron chi connectivity index (χ3n) is 3.72. The quantitative estimate of drug-likeness (QED) is 0.934. The monoisotopic (exact) mass is 331 g/mol. The lowest BCUT2D eigenvalue weighted by Gasteiger charge is -2.19. The van der Waals surface area contributed by atoms with E-state index in [4.69, 9.17) is 4.74 Å². The first-order chi connectivity index (χ1) is 11.1. The molecule has 0 radical (unpaired) electrons. The molecule has 0 aliphatic carbocycles. The number of hydrogen-bond donors (Lipinski definition) is 1. The first-order valence-electron chi connectivity index (χ1n) is 7.25. The standard InChI is InChI=1S/C16H17N3O3S/c1-10-8-17-16(23-10)18-15(21)11-7-14(20)19(9-11)12-5-3-4-6-13(12)22-2/h3-6,8,11H,7,9H2,1-2H3,(H,17,18,21). The van der Waals surface area contributed by atoms with E-state index in [1.165, 1.54) is 11.3 Å². The van der Waals surface area contributed by atoms with E-state index >= 15 is 0 Å². The Hall–Kier alpha value is -2.41. The molecule has 7 heteroatoms. The van der Waals surface area contributed by atoms with Crippen LogP contribution in [0.3, 0.4) is 0 Å². The molecule has 120 valence electrons. The molecule has 2 heterocycles. The first kappa shape index (κ1) is 15.5. The topological polar surface area (TPSA) is 71.5 Å². The van der Waals surface area contributed by atoms with E-state index in [0.717, 1.165) is 4.88 Å². The van der Waals surface area contributed by atoms with E-state index in [9.17, 15) is 9.59 Å². The minimum atomic E-state index is -0.392. The van der Waals surface area contributed by atoms with Crippen LogP contribution >= 0.6 is 11.3 Å². The second-order valence-electron chi connectivity index (χ2n) is 5.34. The van der Waals surface area contributed by atoms with Gasteiger partial charge in [0, 0.05) is 24.0 Å². The Morgan fingerprint density at radius 2 is 2.22 bits per heavy atom. The predicted octanol–water partition coefficient (Wildman–Crippen LogP) is 2.45. The number of para-hydroxylation sites is 2. The molecule has 1 fully saturated rings. The number of ether oxygens (including phenoxy) is 1. The molecule has 0 bridgehead atoms. The van der Waals surface area contributed by atoms with Gasteiger partial charge in [0.1, 0.15) is 5.75 Å². The molecule has 1 unspecified atom stereocenters. The molecular weight excluding hydrogens is 314 g/mol. The number of aromatic nitrogens is 1. The minimum Gasteiger partial charge on any atom is -0.495 e. The average Bonchev–Trinajstić information content (AvgIpc) is 3.13. The normalized spacial score (nSPS) is 17.4. The van der Waals surface area contributed by atoms with E-state index in [2.05, 4.69) is 10.3 Å². The van der Waals surface area contributed by atoms with Gasteiger partial charge in [0.05, 0.1) is 18.7 Å². The highest BCUT2D eigenvalue weighted by Gasteiger charge is 2.36. The van der Waals surface area contributed by atoms with Crippen molar-refractivity contribution in [2.45, 2.75) is 13.3 Å². The number of thiazole rings is 1. The lowest BCUT2D eigenvalue weighted by molar-refractivity contribution is -0.122. The molecule has 0 spiro atoms. The van der Waals surface area contributed by atoms with E-state index in [-0.39, 0.29) is 18.2 Å². The molecule has 1 aromatic heterocycles. The van der Waals surface area contributed by atoms with Gasteiger partial charge >= 0.3 is 0 Å². The second kappa shape index (κ2) is 6.37. The Bertz CT molecular complexity index is 744.